The number of rotatable bonds is 3. The monoisotopic (exact) mass is 366 g/mol. The standard InChI is InChI=1S/C16H18N2O4S2/c1-12-9-10-13-5-2-3-8-16(13)18(12)24(21,22)15-7-4-6-14(11-15)23(17,19)20/h2-8,11-12H,9-10H2,1H3,(H2,17,19,20)/t12-/m1/s1. The molecule has 1 aliphatic heterocycles. The van der Waals surface area contributed by atoms with Crippen LogP contribution in [0.25, 0.3) is 0 Å². The second kappa shape index (κ2) is 5.87. The van der Waals surface area contributed by atoms with Crippen LogP contribution >= 0.6 is 0 Å². The van der Waals surface area contributed by atoms with Crippen molar-refractivity contribution < 1.29 is 16.8 Å². The average Bonchev–Trinajstić information content (AvgIpc) is 2.53. The number of nitrogens with two attached hydrogens (primary N) is 1. The highest BCUT2D eigenvalue weighted by Gasteiger charge is 2.34. The van der Waals surface area contributed by atoms with Crippen LogP contribution in [0.2, 0.25) is 0 Å². The highest BCUT2D eigenvalue weighted by atomic mass is 32.2. The molecular weight excluding hydrogens is 348 g/mol. The molecule has 2 N–H and O–H groups in total. The number of anilines is 1. The SMILES string of the molecule is C[C@@H]1CCc2ccccc2N1S(=O)(=O)c1cccc(S(N)(=O)=O)c1. The van der Waals surface area contributed by atoms with E-state index in [9.17, 15) is 16.8 Å². The van der Waals surface area contributed by atoms with Crippen molar-refractivity contribution in [2.24, 2.45) is 5.14 Å². The molecule has 1 aliphatic rings. The normalized spacial score (nSPS) is 18.2. The molecule has 0 aliphatic carbocycles. The highest BCUT2D eigenvalue weighted by Crippen LogP contribution is 2.35. The summed E-state index contributed by atoms with van der Waals surface area (Å²) in [6.07, 6.45) is 1.51. The molecule has 0 bridgehead atoms. The Morgan fingerprint density at radius 3 is 2.38 bits per heavy atom. The molecule has 0 spiro atoms. The molecule has 0 saturated heterocycles. The number of fused-ring (bicyclic) bond motifs is 1. The lowest BCUT2D eigenvalue weighted by atomic mass is 9.99. The van der Waals surface area contributed by atoms with Gasteiger partial charge in [-0.2, -0.15) is 0 Å². The maximum absolute atomic E-state index is 13.1. The lowest BCUT2D eigenvalue weighted by molar-refractivity contribution is 0.563. The fourth-order valence-electron chi connectivity index (χ4n) is 2.95. The first-order chi connectivity index (χ1) is 11.2. The quantitative estimate of drug-likeness (QED) is 0.896. The molecule has 0 amide bonds. The smallest absolute Gasteiger partial charge is 0.263 e. The van der Waals surface area contributed by atoms with E-state index in [0.717, 1.165) is 18.1 Å². The van der Waals surface area contributed by atoms with Crippen LogP contribution in [0.5, 0.6) is 0 Å². The maximum Gasteiger partial charge on any atom is 0.264 e. The molecule has 0 radical (unpaired) electrons. The number of nitrogens with zero attached hydrogens (tertiary/aromatic N) is 1. The molecule has 6 nitrogen and oxygen atoms in total. The van der Waals surface area contributed by atoms with E-state index in [0.29, 0.717) is 12.1 Å². The Labute approximate surface area is 142 Å². The molecule has 128 valence electrons. The van der Waals surface area contributed by atoms with Crippen LogP contribution in [0, 0.1) is 0 Å². The van der Waals surface area contributed by atoms with Crippen molar-refractivity contribution in [3.63, 3.8) is 0 Å². The Morgan fingerprint density at radius 1 is 1.00 bits per heavy atom. The summed E-state index contributed by atoms with van der Waals surface area (Å²) >= 11 is 0. The van der Waals surface area contributed by atoms with Crippen LogP contribution < -0.4 is 9.44 Å². The molecule has 1 heterocycles. The minimum atomic E-state index is -3.97. The second-order valence-corrected chi connectivity index (χ2v) is 9.21. The van der Waals surface area contributed by atoms with Gasteiger partial charge in [0.25, 0.3) is 10.0 Å². The van der Waals surface area contributed by atoms with Gasteiger partial charge in [0.2, 0.25) is 10.0 Å². The van der Waals surface area contributed by atoms with Crippen molar-refractivity contribution in [2.45, 2.75) is 35.6 Å². The largest absolute Gasteiger partial charge is 0.264 e. The third-order valence-electron chi connectivity index (χ3n) is 4.15. The molecule has 8 heteroatoms. The summed E-state index contributed by atoms with van der Waals surface area (Å²) in [6, 6.07) is 12.3. The van der Waals surface area contributed by atoms with Crippen molar-refractivity contribution in [2.75, 3.05) is 4.31 Å². The van der Waals surface area contributed by atoms with Gasteiger partial charge >= 0.3 is 0 Å². The van der Waals surface area contributed by atoms with Crippen molar-refractivity contribution >= 4 is 25.7 Å². The van der Waals surface area contributed by atoms with Gasteiger partial charge in [-0.25, -0.2) is 22.0 Å². The third-order valence-corrected chi connectivity index (χ3v) is 6.99. The Morgan fingerprint density at radius 2 is 1.67 bits per heavy atom. The molecule has 2 aromatic carbocycles. The fourth-order valence-corrected chi connectivity index (χ4v) is 5.35. The summed E-state index contributed by atoms with van der Waals surface area (Å²) in [7, 11) is -7.87. The molecule has 0 unspecified atom stereocenters. The summed E-state index contributed by atoms with van der Waals surface area (Å²) in [5.41, 5.74) is 1.60. The zero-order valence-electron chi connectivity index (χ0n) is 13.1. The van der Waals surface area contributed by atoms with Crippen LogP contribution in [0.3, 0.4) is 0 Å². The van der Waals surface area contributed by atoms with Crippen LogP contribution in [-0.2, 0) is 26.5 Å². The van der Waals surface area contributed by atoms with Crippen molar-refractivity contribution in [3.8, 4) is 0 Å². The number of benzene rings is 2. The van der Waals surface area contributed by atoms with Gasteiger partial charge in [-0.1, -0.05) is 24.3 Å². The highest BCUT2D eigenvalue weighted by molar-refractivity contribution is 7.93. The van der Waals surface area contributed by atoms with Crippen LogP contribution in [0.1, 0.15) is 18.9 Å². The first-order valence-corrected chi connectivity index (χ1v) is 10.4. The minimum Gasteiger partial charge on any atom is -0.263 e. The van der Waals surface area contributed by atoms with Gasteiger partial charge in [0.15, 0.2) is 0 Å². The summed E-state index contributed by atoms with van der Waals surface area (Å²) in [5.74, 6) is 0. The fraction of sp³-hybridized carbons (Fsp3) is 0.250. The Hall–Kier alpha value is -1.90. The first kappa shape index (κ1) is 16.9. The summed E-state index contributed by atoms with van der Waals surface area (Å²) < 4.78 is 50.7. The van der Waals surface area contributed by atoms with Gasteiger partial charge in [0.1, 0.15) is 0 Å². The lowest BCUT2D eigenvalue weighted by Crippen LogP contribution is -2.42. The van der Waals surface area contributed by atoms with Crippen molar-refractivity contribution in [3.05, 3.63) is 54.1 Å². The summed E-state index contributed by atoms with van der Waals surface area (Å²) in [5, 5.41) is 5.12. The van der Waals surface area contributed by atoms with Gasteiger partial charge in [-0.15, -0.1) is 0 Å². The van der Waals surface area contributed by atoms with Crippen LogP contribution in [0.4, 0.5) is 5.69 Å². The molecule has 1 atom stereocenters. The second-order valence-electron chi connectivity index (χ2n) is 5.84. The molecule has 0 saturated carbocycles. The lowest BCUT2D eigenvalue weighted by Gasteiger charge is -2.36. The average molecular weight is 366 g/mol. The Balaban J connectivity index is 2.15. The Kier molecular flexibility index (Phi) is 4.15. The molecule has 0 fully saturated rings. The van der Waals surface area contributed by atoms with Crippen LogP contribution in [0.15, 0.2) is 58.3 Å². The number of primary sulfonamides is 1. The zero-order chi connectivity index (χ0) is 17.5. The zero-order valence-corrected chi connectivity index (χ0v) is 14.7. The van der Waals surface area contributed by atoms with E-state index < -0.39 is 20.0 Å². The number of aryl methyl sites for hydroxylation is 1. The van der Waals surface area contributed by atoms with E-state index in [1.54, 1.807) is 12.1 Å². The van der Waals surface area contributed by atoms with Gasteiger partial charge in [-0.05, 0) is 49.6 Å². The van der Waals surface area contributed by atoms with E-state index in [-0.39, 0.29) is 15.8 Å². The maximum atomic E-state index is 13.1. The summed E-state index contributed by atoms with van der Waals surface area (Å²) in [4.78, 5) is -0.306. The minimum absolute atomic E-state index is 0.0856. The number of para-hydroxylation sites is 1. The number of sulfonamides is 2. The third kappa shape index (κ3) is 2.92. The van der Waals surface area contributed by atoms with Gasteiger partial charge in [-0.3, -0.25) is 4.31 Å². The van der Waals surface area contributed by atoms with Gasteiger partial charge in [0.05, 0.1) is 15.5 Å². The van der Waals surface area contributed by atoms with E-state index in [1.807, 2.05) is 19.1 Å². The first-order valence-electron chi connectivity index (χ1n) is 7.46. The molecule has 2 aromatic rings. The van der Waals surface area contributed by atoms with Gasteiger partial charge < -0.3 is 0 Å². The van der Waals surface area contributed by atoms with E-state index in [1.165, 1.54) is 22.5 Å². The predicted molar refractivity (Wildman–Crippen MR) is 91.7 cm³/mol. The topological polar surface area (TPSA) is 97.5 Å². The predicted octanol–water partition coefficient (Wildman–Crippen LogP) is 1.86. The van der Waals surface area contributed by atoms with Crippen molar-refractivity contribution in [1.82, 2.24) is 0 Å². The molecule has 24 heavy (non-hydrogen) atoms. The molecule has 3 rings (SSSR count). The van der Waals surface area contributed by atoms with Gasteiger partial charge in [0, 0.05) is 6.04 Å². The van der Waals surface area contributed by atoms with E-state index in [2.05, 4.69) is 0 Å². The molecule has 0 aromatic heterocycles. The van der Waals surface area contributed by atoms with Crippen molar-refractivity contribution in [1.29, 1.82) is 0 Å². The van der Waals surface area contributed by atoms with Crippen LogP contribution in [-0.4, -0.2) is 22.9 Å². The Bertz CT molecular complexity index is 985. The number of hydrogen-bond donors (Lipinski definition) is 1. The summed E-state index contributed by atoms with van der Waals surface area (Å²) in [6.45, 7) is 1.84. The number of hydrogen-bond acceptors (Lipinski definition) is 4. The van der Waals surface area contributed by atoms with E-state index in [4.69, 9.17) is 5.14 Å². The van der Waals surface area contributed by atoms with E-state index >= 15 is 0 Å². The molecular formula is C16H18N2O4S2.